The van der Waals surface area contributed by atoms with Crippen molar-refractivity contribution in [1.29, 1.82) is 0 Å². The first kappa shape index (κ1) is 18.5. The number of likely N-dealkylation sites (N-methyl/N-ethyl adjacent to an activating group) is 1. The van der Waals surface area contributed by atoms with E-state index in [0.717, 1.165) is 36.2 Å². The van der Waals surface area contributed by atoms with E-state index in [0.29, 0.717) is 6.04 Å². The number of rotatable bonds is 5. The average Bonchev–Trinajstić information content (AvgIpc) is 2.52. The maximum Gasteiger partial charge on any atom is 0.238 e. The topological polar surface area (TPSA) is 52.7 Å². The fraction of sp³-hybridized carbons (Fsp3) is 0.579. The molecule has 5 nitrogen and oxygen atoms in total. The molecule has 1 aliphatic heterocycles. The Hall–Kier alpha value is -1.88. The number of nitrogens with zero attached hydrogens (tertiary/aromatic N) is 2. The Labute approximate surface area is 145 Å². The number of piperidine rings is 1. The van der Waals surface area contributed by atoms with Gasteiger partial charge in [0.05, 0.1) is 13.1 Å². The number of amides is 2. The zero-order valence-electron chi connectivity index (χ0n) is 15.3. The molecule has 1 aromatic carbocycles. The van der Waals surface area contributed by atoms with E-state index < -0.39 is 0 Å². The van der Waals surface area contributed by atoms with Gasteiger partial charge < -0.3 is 10.2 Å². The fourth-order valence-corrected chi connectivity index (χ4v) is 3.17. The summed E-state index contributed by atoms with van der Waals surface area (Å²) >= 11 is 0. The summed E-state index contributed by atoms with van der Waals surface area (Å²) in [6.07, 6.45) is 3.34. The third-order valence-electron chi connectivity index (χ3n) is 4.82. The quantitative estimate of drug-likeness (QED) is 0.902. The Morgan fingerprint density at radius 3 is 2.71 bits per heavy atom. The van der Waals surface area contributed by atoms with Gasteiger partial charge in [-0.1, -0.05) is 12.1 Å². The van der Waals surface area contributed by atoms with E-state index in [4.69, 9.17) is 0 Å². The van der Waals surface area contributed by atoms with Gasteiger partial charge in [-0.05, 0) is 64.3 Å². The minimum absolute atomic E-state index is 0.0920. The van der Waals surface area contributed by atoms with E-state index in [1.165, 1.54) is 6.42 Å². The summed E-state index contributed by atoms with van der Waals surface area (Å²) in [6, 6.07) is 6.17. The van der Waals surface area contributed by atoms with E-state index >= 15 is 0 Å². The summed E-state index contributed by atoms with van der Waals surface area (Å²) in [6.45, 7) is 7.45. The van der Waals surface area contributed by atoms with Gasteiger partial charge in [-0.3, -0.25) is 14.5 Å². The highest BCUT2D eigenvalue weighted by Crippen LogP contribution is 2.18. The number of nitrogens with one attached hydrogen (secondary N) is 1. The van der Waals surface area contributed by atoms with Gasteiger partial charge in [0, 0.05) is 18.3 Å². The summed E-state index contributed by atoms with van der Waals surface area (Å²) in [5.41, 5.74) is 3.06. The molecule has 1 saturated heterocycles. The molecule has 0 aliphatic carbocycles. The number of hydrogen-bond acceptors (Lipinski definition) is 3. The lowest BCUT2D eigenvalue weighted by molar-refractivity contribution is -0.135. The third kappa shape index (κ3) is 4.81. The molecule has 1 fully saturated rings. The Kier molecular flexibility index (Phi) is 6.37. The molecular formula is C19H29N3O2. The molecule has 1 unspecified atom stereocenters. The van der Waals surface area contributed by atoms with Crippen molar-refractivity contribution in [2.24, 2.45) is 0 Å². The van der Waals surface area contributed by atoms with Crippen molar-refractivity contribution in [3.63, 3.8) is 0 Å². The molecule has 1 N–H and O–H groups in total. The minimum Gasteiger partial charge on any atom is -0.339 e. The summed E-state index contributed by atoms with van der Waals surface area (Å²) in [4.78, 5) is 28.4. The average molecular weight is 331 g/mol. The minimum atomic E-state index is -0.0920. The highest BCUT2D eigenvalue weighted by Gasteiger charge is 2.24. The zero-order valence-corrected chi connectivity index (χ0v) is 15.3. The standard InChI is InChI=1S/C19H29N3O2/c1-14-8-7-10-17(16(14)3)20-18(23)12-21(4)13-19(24)22-11-6-5-9-15(22)2/h7-8,10,15H,5-6,9,11-13H2,1-4H3,(H,20,23). The number of benzene rings is 1. The van der Waals surface area contributed by atoms with E-state index in [9.17, 15) is 9.59 Å². The molecule has 1 aromatic rings. The second kappa shape index (κ2) is 8.29. The smallest absolute Gasteiger partial charge is 0.238 e. The number of carbonyl (C=O) groups is 2. The molecule has 1 atom stereocenters. The van der Waals surface area contributed by atoms with E-state index in [-0.39, 0.29) is 24.9 Å². The molecule has 24 heavy (non-hydrogen) atoms. The number of likely N-dealkylation sites (tertiary alicyclic amines) is 1. The van der Waals surface area contributed by atoms with Gasteiger partial charge in [0.1, 0.15) is 0 Å². The first-order valence-corrected chi connectivity index (χ1v) is 8.72. The Bertz CT molecular complexity index is 600. The Morgan fingerprint density at radius 2 is 2.00 bits per heavy atom. The van der Waals surface area contributed by atoms with Gasteiger partial charge in [0.15, 0.2) is 0 Å². The third-order valence-corrected chi connectivity index (χ3v) is 4.82. The van der Waals surface area contributed by atoms with Crippen molar-refractivity contribution < 1.29 is 9.59 Å². The SMILES string of the molecule is Cc1cccc(NC(=O)CN(C)CC(=O)N2CCCCC2C)c1C. The number of hydrogen-bond donors (Lipinski definition) is 1. The summed E-state index contributed by atoms with van der Waals surface area (Å²) < 4.78 is 0. The fourth-order valence-electron chi connectivity index (χ4n) is 3.17. The molecule has 0 radical (unpaired) electrons. The van der Waals surface area contributed by atoms with E-state index in [1.807, 2.05) is 44.0 Å². The van der Waals surface area contributed by atoms with Crippen LogP contribution in [-0.2, 0) is 9.59 Å². The van der Waals surface area contributed by atoms with Gasteiger partial charge in [-0.15, -0.1) is 0 Å². The van der Waals surface area contributed by atoms with E-state index in [2.05, 4.69) is 12.2 Å². The van der Waals surface area contributed by atoms with Crippen LogP contribution in [0.2, 0.25) is 0 Å². The van der Waals surface area contributed by atoms with Crippen molar-refractivity contribution in [1.82, 2.24) is 9.80 Å². The Morgan fingerprint density at radius 1 is 1.25 bits per heavy atom. The van der Waals surface area contributed by atoms with Crippen LogP contribution < -0.4 is 5.32 Å². The van der Waals surface area contributed by atoms with Gasteiger partial charge in [0.2, 0.25) is 11.8 Å². The van der Waals surface area contributed by atoms with Crippen molar-refractivity contribution >= 4 is 17.5 Å². The van der Waals surface area contributed by atoms with Crippen LogP contribution >= 0.6 is 0 Å². The van der Waals surface area contributed by atoms with Crippen LogP contribution in [0.15, 0.2) is 18.2 Å². The maximum absolute atomic E-state index is 12.4. The first-order chi connectivity index (χ1) is 11.4. The molecule has 0 aromatic heterocycles. The lowest BCUT2D eigenvalue weighted by Crippen LogP contribution is -2.47. The van der Waals surface area contributed by atoms with Gasteiger partial charge in [0.25, 0.3) is 0 Å². The molecule has 5 heteroatoms. The highest BCUT2D eigenvalue weighted by molar-refractivity contribution is 5.93. The largest absolute Gasteiger partial charge is 0.339 e. The van der Waals surface area contributed by atoms with Crippen molar-refractivity contribution in [2.45, 2.75) is 46.1 Å². The lowest BCUT2D eigenvalue weighted by Gasteiger charge is -2.34. The predicted molar refractivity (Wildman–Crippen MR) is 97.1 cm³/mol. The van der Waals surface area contributed by atoms with Crippen molar-refractivity contribution in [3.05, 3.63) is 29.3 Å². The molecule has 2 amide bonds. The van der Waals surface area contributed by atoms with Crippen molar-refractivity contribution in [2.75, 3.05) is 32.0 Å². The van der Waals surface area contributed by atoms with E-state index in [1.54, 1.807) is 4.90 Å². The van der Waals surface area contributed by atoms with Crippen LogP contribution in [0.4, 0.5) is 5.69 Å². The van der Waals surface area contributed by atoms with Crippen LogP contribution in [0.25, 0.3) is 0 Å². The molecule has 1 heterocycles. The summed E-state index contributed by atoms with van der Waals surface area (Å²) in [7, 11) is 1.81. The maximum atomic E-state index is 12.4. The van der Waals surface area contributed by atoms with Crippen LogP contribution in [0.3, 0.4) is 0 Å². The number of aryl methyl sites for hydroxylation is 1. The van der Waals surface area contributed by atoms with Gasteiger partial charge in [-0.2, -0.15) is 0 Å². The van der Waals surface area contributed by atoms with Gasteiger partial charge >= 0.3 is 0 Å². The van der Waals surface area contributed by atoms with Crippen LogP contribution in [0.1, 0.15) is 37.3 Å². The number of carbonyl (C=O) groups excluding carboxylic acids is 2. The second-order valence-corrected chi connectivity index (χ2v) is 6.90. The predicted octanol–water partition coefficient (Wildman–Crippen LogP) is 2.57. The Balaban J connectivity index is 1.85. The molecule has 0 bridgehead atoms. The monoisotopic (exact) mass is 331 g/mol. The highest BCUT2D eigenvalue weighted by atomic mass is 16.2. The molecule has 0 spiro atoms. The van der Waals surface area contributed by atoms with Crippen molar-refractivity contribution in [3.8, 4) is 0 Å². The summed E-state index contributed by atoms with van der Waals surface area (Å²) in [5.74, 6) is 0.0231. The first-order valence-electron chi connectivity index (χ1n) is 8.72. The van der Waals surface area contributed by atoms with Crippen LogP contribution in [-0.4, -0.2) is 54.3 Å². The van der Waals surface area contributed by atoms with Crippen LogP contribution in [0, 0.1) is 13.8 Å². The molecular weight excluding hydrogens is 302 g/mol. The summed E-state index contributed by atoms with van der Waals surface area (Å²) in [5, 5.41) is 2.94. The lowest BCUT2D eigenvalue weighted by atomic mass is 10.0. The molecule has 1 aliphatic rings. The molecule has 132 valence electrons. The normalized spacial score (nSPS) is 17.9. The number of anilines is 1. The van der Waals surface area contributed by atoms with Crippen LogP contribution in [0.5, 0.6) is 0 Å². The second-order valence-electron chi connectivity index (χ2n) is 6.90. The van der Waals surface area contributed by atoms with Gasteiger partial charge in [-0.25, -0.2) is 0 Å². The zero-order chi connectivity index (χ0) is 17.7. The molecule has 2 rings (SSSR count). The molecule has 0 saturated carbocycles.